The highest BCUT2D eigenvalue weighted by Crippen LogP contribution is 2.35. The van der Waals surface area contributed by atoms with Crippen LogP contribution in [-0.2, 0) is 14.3 Å². The van der Waals surface area contributed by atoms with Crippen molar-refractivity contribution in [3.63, 3.8) is 0 Å². The summed E-state index contributed by atoms with van der Waals surface area (Å²) in [5, 5.41) is 0. The molecule has 0 aliphatic heterocycles. The molecule has 1 aromatic rings. The molecule has 0 aliphatic rings. The number of esters is 3. The molecule has 0 heterocycles. The number of hydrogen-bond acceptors (Lipinski definition) is 6. The van der Waals surface area contributed by atoms with Crippen LogP contribution >= 0.6 is 0 Å². The third-order valence-corrected chi connectivity index (χ3v) is 2.57. The Hall–Kier alpha value is -2.37. The second-order valence-corrected chi connectivity index (χ2v) is 4.20. The molecule has 0 fully saturated rings. The Kier molecular flexibility index (Phi) is 4.85. The van der Waals surface area contributed by atoms with Gasteiger partial charge >= 0.3 is 17.9 Å². The van der Waals surface area contributed by atoms with Gasteiger partial charge in [-0.25, -0.2) is 4.79 Å². The van der Waals surface area contributed by atoms with Gasteiger partial charge in [-0.05, 0) is 25.5 Å². The molecular weight excluding hydrogens is 264 g/mol. The van der Waals surface area contributed by atoms with E-state index in [1.807, 2.05) is 0 Å². The normalized spacial score (nSPS) is 9.85. The molecule has 0 saturated heterocycles. The van der Waals surface area contributed by atoms with E-state index in [1.165, 1.54) is 27.0 Å². The van der Waals surface area contributed by atoms with Crippen LogP contribution in [0.2, 0.25) is 0 Å². The summed E-state index contributed by atoms with van der Waals surface area (Å²) in [6.45, 7) is 5.69. The van der Waals surface area contributed by atoms with Crippen LogP contribution < -0.4 is 9.47 Å². The van der Waals surface area contributed by atoms with Gasteiger partial charge in [-0.2, -0.15) is 0 Å². The number of aryl methyl sites for hydroxylation is 1. The van der Waals surface area contributed by atoms with E-state index in [0.717, 1.165) is 0 Å². The number of rotatable bonds is 3. The first kappa shape index (κ1) is 15.7. The molecule has 0 aromatic heterocycles. The maximum atomic E-state index is 11.8. The highest BCUT2D eigenvalue weighted by molar-refractivity contribution is 5.96. The number of carbonyl (C=O) groups is 3. The molecule has 0 unspecified atom stereocenters. The summed E-state index contributed by atoms with van der Waals surface area (Å²) in [6.07, 6.45) is 0. The number of methoxy groups -OCH3 is 1. The summed E-state index contributed by atoms with van der Waals surface area (Å²) in [7, 11) is 1.23. The molecule has 0 atom stereocenters. The van der Waals surface area contributed by atoms with Gasteiger partial charge in [0.1, 0.15) is 11.3 Å². The Morgan fingerprint density at radius 3 is 2.00 bits per heavy atom. The van der Waals surface area contributed by atoms with Crippen LogP contribution in [0.4, 0.5) is 0 Å². The lowest BCUT2D eigenvalue weighted by atomic mass is 10.0. The van der Waals surface area contributed by atoms with Crippen LogP contribution in [0.15, 0.2) is 6.07 Å². The van der Waals surface area contributed by atoms with Crippen LogP contribution in [0.3, 0.4) is 0 Å². The first-order valence-electron chi connectivity index (χ1n) is 5.87. The highest BCUT2D eigenvalue weighted by Gasteiger charge is 2.23. The van der Waals surface area contributed by atoms with Gasteiger partial charge in [0.05, 0.1) is 7.11 Å². The Labute approximate surface area is 116 Å². The molecule has 0 saturated carbocycles. The third-order valence-electron chi connectivity index (χ3n) is 2.57. The summed E-state index contributed by atoms with van der Waals surface area (Å²) in [5.41, 5.74) is 0.993. The fourth-order valence-corrected chi connectivity index (χ4v) is 1.74. The zero-order valence-corrected chi connectivity index (χ0v) is 12.0. The Morgan fingerprint density at radius 2 is 1.55 bits per heavy atom. The van der Waals surface area contributed by atoms with E-state index in [2.05, 4.69) is 4.74 Å². The molecule has 6 heteroatoms. The van der Waals surface area contributed by atoms with Gasteiger partial charge in [0.2, 0.25) is 0 Å². The molecule has 6 nitrogen and oxygen atoms in total. The van der Waals surface area contributed by atoms with Crippen molar-refractivity contribution in [2.24, 2.45) is 0 Å². The number of hydrogen-bond donors (Lipinski definition) is 0. The summed E-state index contributed by atoms with van der Waals surface area (Å²) in [6, 6.07) is 1.52. The van der Waals surface area contributed by atoms with Crippen LogP contribution in [0.25, 0.3) is 0 Å². The molecule has 1 rings (SSSR count). The Morgan fingerprint density at radius 1 is 1.00 bits per heavy atom. The average Bonchev–Trinajstić information content (AvgIpc) is 2.33. The molecule has 0 bridgehead atoms. The van der Waals surface area contributed by atoms with E-state index < -0.39 is 17.9 Å². The molecular formula is C14H16O6. The lowest BCUT2D eigenvalue weighted by Crippen LogP contribution is -2.13. The van der Waals surface area contributed by atoms with Gasteiger partial charge < -0.3 is 14.2 Å². The van der Waals surface area contributed by atoms with E-state index >= 15 is 0 Å². The van der Waals surface area contributed by atoms with Crippen molar-refractivity contribution in [2.75, 3.05) is 7.11 Å². The quantitative estimate of drug-likeness (QED) is 0.622. The van der Waals surface area contributed by atoms with E-state index in [9.17, 15) is 14.4 Å². The topological polar surface area (TPSA) is 78.9 Å². The SMILES string of the molecule is COC(=O)c1c(C)cc(OC(C)=O)c(C)c1OC(C)=O. The zero-order chi connectivity index (χ0) is 15.4. The predicted molar refractivity (Wildman–Crippen MR) is 69.9 cm³/mol. The largest absolute Gasteiger partial charge is 0.465 e. The van der Waals surface area contributed by atoms with Crippen molar-refractivity contribution < 1.29 is 28.6 Å². The number of benzene rings is 1. The van der Waals surface area contributed by atoms with Gasteiger partial charge in [-0.15, -0.1) is 0 Å². The molecule has 1 aromatic carbocycles. The molecule has 0 spiro atoms. The minimum atomic E-state index is -0.628. The van der Waals surface area contributed by atoms with Crippen molar-refractivity contribution in [1.29, 1.82) is 0 Å². The lowest BCUT2D eigenvalue weighted by molar-refractivity contribution is -0.132. The number of carbonyl (C=O) groups excluding carboxylic acids is 3. The minimum absolute atomic E-state index is 0.0422. The van der Waals surface area contributed by atoms with Gasteiger partial charge in [-0.3, -0.25) is 9.59 Å². The smallest absolute Gasteiger partial charge is 0.341 e. The maximum Gasteiger partial charge on any atom is 0.341 e. The Bertz CT molecular complexity index is 574. The molecule has 0 amide bonds. The zero-order valence-electron chi connectivity index (χ0n) is 12.0. The van der Waals surface area contributed by atoms with Crippen LogP contribution in [-0.4, -0.2) is 25.0 Å². The van der Waals surface area contributed by atoms with Crippen LogP contribution in [0.5, 0.6) is 11.5 Å². The summed E-state index contributed by atoms with van der Waals surface area (Å²) >= 11 is 0. The molecule has 20 heavy (non-hydrogen) atoms. The van der Waals surface area contributed by atoms with E-state index in [4.69, 9.17) is 9.47 Å². The third kappa shape index (κ3) is 3.34. The monoisotopic (exact) mass is 280 g/mol. The van der Waals surface area contributed by atoms with Crippen molar-refractivity contribution in [1.82, 2.24) is 0 Å². The minimum Gasteiger partial charge on any atom is -0.465 e. The lowest BCUT2D eigenvalue weighted by Gasteiger charge is -2.16. The van der Waals surface area contributed by atoms with Gasteiger partial charge in [-0.1, -0.05) is 0 Å². The molecule has 0 radical (unpaired) electrons. The summed E-state index contributed by atoms with van der Waals surface area (Å²) in [5.74, 6) is -1.44. The van der Waals surface area contributed by atoms with E-state index in [1.54, 1.807) is 13.8 Å². The van der Waals surface area contributed by atoms with Crippen molar-refractivity contribution in [3.8, 4) is 11.5 Å². The highest BCUT2D eigenvalue weighted by atomic mass is 16.6. The van der Waals surface area contributed by atoms with Crippen molar-refractivity contribution >= 4 is 17.9 Å². The first-order chi connectivity index (χ1) is 9.27. The Balaban J connectivity index is 3.52. The fourth-order valence-electron chi connectivity index (χ4n) is 1.74. The molecule has 0 N–H and O–H groups in total. The van der Waals surface area contributed by atoms with E-state index in [0.29, 0.717) is 11.1 Å². The van der Waals surface area contributed by atoms with Gasteiger partial charge in [0.25, 0.3) is 0 Å². The predicted octanol–water partition coefficient (Wildman–Crippen LogP) is 1.94. The fraction of sp³-hybridized carbons (Fsp3) is 0.357. The summed E-state index contributed by atoms with van der Waals surface area (Å²) < 4.78 is 14.8. The second-order valence-electron chi connectivity index (χ2n) is 4.20. The van der Waals surface area contributed by atoms with Gasteiger partial charge in [0.15, 0.2) is 5.75 Å². The van der Waals surface area contributed by atoms with Crippen molar-refractivity contribution in [3.05, 3.63) is 22.8 Å². The van der Waals surface area contributed by atoms with Crippen molar-refractivity contribution in [2.45, 2.75) is 27.7 Å². The van der Waals surface area contributed by atoms with Crippen LogP contribution in [0, 0.1) is 13.8 Å². The number of ether oxygens (including phenoxy) is 3. The molecule has 0 aliphatic carbocycles. The molecule has 108 valence electrons. The second kappa shape index (κ2) is 6.18. The van der Waals surface area contributed by atoms with Gasteiger partial charge in [0, 0.05) is 19.4 Å². The first-order valence-corrected chi connectivity index (χ1v) is 5.87. The average molecular weight is 280 g/mol. The summed E-state index contributed by atoms with van der Waals surface area (Å²) in [4.78, 5) is 34.1. The van der Waals surface area contributed by atoms with E-state index in [-0.39, 0.29) is 17.1 Å². The standard InChI is InChI=1S/C14H16O6/c1-7-6-11(19-9(3)15)8(2)13(20-10(4)16)12(7)14(17)18-5/h6H,1-5H3. The maximum absolute atomic E-state index is 11.8. The van der Waals surface area contributed by atoms with Crippen LogP contribution in [0.1, 0.15) is 35.3 Å².